The monoisotopic (exact) mass is 322 g/mol. The van der Waals surface area contributed by atoms with Crippen LogP contribution in [0.2, 0.25) is 0 Å². The first-order valence-electron chi connectivity index (χ1n) is 8.58. The molecule has 0 aromatic rings. The van der Waals surface area contributed by atoms with E-state index in [2.05, 4.69) is 19.9 Å². The Kier molecular flexibility index (Phi) is 5.05. The topological polar surface area (TPSA) is 52.6 Å². The molecule has 2 rings (SSSR count). The zero-order chi connectivity index (χ0) is 17.4. The number of ether oxygens (including phenoxy) is 2. The summed E-state index contributed by atoms with van der Waals surface area (Å²) in [6, 6.07) is 0. The lowest BCUT2D eigenvalue weighted by Gasteiger charge is -2.55. The quantitative estimate of drug-likeness (QED) is 0.589. The van der Waals surface area contributed by atoms with Gasteiger partial charge in [-0.2, -0.15) is 0 Å². The van der Waals surface area contributed by atoms with Gasteiger partial charge >= 0.3 is 5.97 Å². The first kappa shape index (κ1) is 18.2. The lowest BCUT2D eigenvalue weighted by Crippen LogP contribution is -2.60. The number of methoxy groups -OCH3 is 2. The Balaban J connectivity index is 2.46. The zero-order valence-electron chi connectivity index (χ0n) is 15.3. The predicted octanol–water partition coefficient (Wildman–Crippen LogP) is 3.54. The Hall–Kier alpha value is -1.16. The molecule has 0 unspecified atom stereocenters. The van der Waals surface area contributed by atoms with Crippen molar-refractivity contribution in [2.24, 2.45) is 22.7 Å². The van der Waals surface area contributed by atoms with Crippen molar-refractivity contribution in [1.82, 2.24) is 0 Å². The van der Waals surface area contributed by atoms with Crippen LogP contribution in [0.3, 0.4) is 0 Å². The third kappa shape index (κ3) is 2.75. The fourth-order valence-electron chi connectivity index (χ4n) is 4.88. The van der Waals surface area contributed by atoms with Crippen LogP contribution in [0, 0.1) is 22.7 Å². The van der Waals surface area contributed by atoms with Crippen LogP contribution in [0.1, 0.15) is 53.4 Å². The normalized spacial score (nSPS) is 39.4. The highest BCUT2D eigenvalue weighted by atomic mass is 16.5. The van der Waals surface area contributed by atoms with E-state index in [4.69, 9.17) is 9.47 Å². The highest BCUT2D eigenvalue weighted by molar-refractivity contribution is 6.01. The summed E-state index contributed by atoms with van der Waals surface area (Å²) in [5.41, 5.74) is -0.339. The maximum absolute atomic E-state index is 13.1. The number of ketones is 1. The highest BCUT2D eigenvalue weighted by Gasteiger charge is 2.62. The van der Waals surface area contributed by atoms with Gasteiger partial charge < -0.3 is 9.47 Å². The van der Waals surface area contributed by atoms with Crippen LogP contribution >= 0.6 is 0 Å². The van der Waals surface area contributed by atoms with E-state index in [1.54, 1.807) is 7.11 Å². The second-order valence-electron chi connectivity index (χ2n) is 7.81. The van der Waals surface area contributed by atoms with Gasteiger partial charge in [0.2, 0.25) is 0 Å². The Bertz CT molecular complexity index is 521. The summed E-state index contributed by atoms with van der Waals surface area (Å²) in [6.45, 7) is 8.13. The van der Waals surface area contributed by atoms with Gasteiger partial charge in [0.05, 0.1) is 18.6 Å². The van der Waals surface area contributed by atoms with Crippen molar-refractivity contribution >= 4 is 11.8 Å². The third-order valence-corrected chi connectivity index (χ3v) is 6.04. The van der Waals surface area contributed by atoms with Gasteiger partial charge in [-0.15, -0.1) is 0 Å². The second-order valence-corrected chi connectivity index (χ2v) is 7.81. The summed E-state index contributed by atoms with van der Waals surface area (Å²) in [5.74, 6) is 0.269. The van der Waals surface area contributed by atoms with E-state index >= 15 is 0 Å². The van der Waals surface area contributed by atoms with Gasteiger partial charge in [-0.3, -0.25) is 9.59 Å². The first-order chi connectivity index (χ1) is 10.7. The van der Waals surface area contributed by atoms with Crippen molar-refractivity contribution in [2.45, 2.75) is 59.5 Å². The second kappa shape index (κ2) is 6.39. The predicted molar refractivity (Wildman–Crippen MR) is 88.9 cm³/mol. The molecule has 4 nitrogen and oxygen atoms in total. The molecule has 0 aliphatic heterocycles. The van der Waals surface area contributed by atoms with Gasteiger partial charge in [-0.1, -0.05) is 26.8 Å². The summed E-state index contributed by atoms with van der Waals surface area (Å²) in [4.78, 5) is 25.7. The van der Waals surface area contributed by atoms with Gasteiger partial charge in [0.25, 0.3) is 0 Å². The third-order valence-electron chi connectivity index (χ3n) is 6.04. The molecule has 0 aromatic carbocycles. The molecule has 0 bridgehead atoms. The summed E-state index contributed by atoms with van der Waals surface area (Å²) in [5, 5.41) is 0. The van der Waals surface area contributed by atoms with E-state index in [1.165, 1.54) is 7.11 Å². The molecule has 0 radical (unpaired) electrons. The van der Waals surface area contributed by atoms with E-state index in [9.17, 15) is 9.59 Å². The Morgan fingerprint density at radius 1 is 1.26 bits per heavy atom. The molecule has 0 heterocycles. The van der Waals surface area contributed by atoms with Gasteiger partial charge in [0.1, 0.15) is 0 Å². The number of carbonyl (C=O) groups excluding carboxylic acids is 2. The smallest absolute Gasteiger partial charge is 0.314 e. The molecular weight excluding hydrogens is 292 g/mol. The van der Waals surface area contributed by atoms with E-state index < -0.39 is 10.8 Å². The van der Waals surface area contributed by atoms with E-state index in [1.807, 2.05) is 13.8 Å². The maximum atomic E-state index is 13.1. The fourth-order valence-corrected chi connectivity index (χ4v) is 4.88. The van der Waals surface area contributed by atoms with Crippen LogP contribution in [0.15, 0.2) is 11.6 Å². The summed E-state index contributed by atoms with van der Waals surface area (Å²) >= 11 is 0. The van der Waals surface area contributed by atoms with Crippen molar-refractivity contribution in [2.75, 3.05) is 14.2 Å². The molecule has 0 N–H and O–H groups in total. The van der Waals surface area contributed by atoms with Gasteiger partial charge in [-0.05, 0) is 50.0 Å². The summed E-state index contributed by atoms with van der Waals surface area (Å²) in [7, 11) is 3.06. The number of allylic oxidation sites excluding steroid dienone is 2. The van der Waals surface area contributed by atoms with Crippen LogP contribution < -0.4 is 0 Å². The van der Waals surface area contributed by atoms with Gasteiger partial charge in [-0.25, -0.2) is 0 Å². The average Bonchev–Trinajstić information content (AvgIpc) is 2.50. The van der Waals surface area contributed by atoms with Gasteiger partial charge in [0, 0.05) is 12.5 Å². The average molecular weight is 322 g/mol. The number of carbonyl (C=O) groups is 2. The Morgan fingerprint density at radius 3 is 2.43 bits per heavy atom. The zero-order valence-corrected chi connectivity index (χ0v) is 15.3. The Morgan fingerprint density at radius 2 is 1.91 bits per heavy atom. The lowest BCUT2D eigenvalue weighted by molar-refractivity contribution is -0.186. The van der Waals surface area contributed by atoms with Crippen molar-refractivity contribution in [3.8, 4) is 0 Å². The maximum Gasteiger partial charge on any atom is 0.314 e. The molecule has 0 spiro atoms. The molecule has 23 heavy (non-hydrogen) atoms. The highest BCUT2D eigenvalue weighted by Crippen LogP contribution is 2.58. The fraction of sp³-hybridized carbons (Fsp3) is 0.789. The van der Waals surface area contributed by atoms with Crippen LogP contribution in [-0.2, 0) is 19.1 Å². The van der Waals surface area contributed by atoms with E-state index in [0.717, 1.165) is 24.8 Å². The van der Waals surface area contributed by atoms with Crippen molar-refractivity contribution < 1.29 is 19.1 Å². The molecule has 4 heteroatoms. The largest absolute Gasteiger partial charge is 0.469 e. The molecule has 2 saturated carbocycles. The molecule has 0 aromatic heterocycles. The minimum atomic E-state index is -0.768. The molecular formula is C19H30O4. The minimum absolute atomic E-state index is 0.0436. The number of Topliss-reactive ketones (excluding diaryl/α,β-unsaturated/α-hetero) is 1. The standard InChI is InChI=1S/C19H30O4/c1-12(2)11-13-7-8-14-18(3,16(13)20)10-9-15(22-5)19(14,4)17(21)23-6/h11-12,14-15H,7-10H2,1-6H3/b13-11+/t14-,15+,18+,19-/m1/s1. The summed E-state index contributed by atoms with van der Waals surface area (Å²) < 4.78 is 10.7. The number of hydrogen-bond acceptors (Lipinski definition) is 4. The van der Waals surface area contributed by atoms with Gasteiger partial charge in [0.15, 0.2) is 5.78 Å². The van der Waals surface area contributed by atoms with Crippen LogP contribution in [-0.4, -0.2) is 32.1 Å². The van der Waals surface area contributed by atoms with Crippen LogP contribution in [0.4, 0.5) is 0 Å². The Labute approximate surface area is 139 Å². The molecule has 2 aliphatic rings. The molecule has 130 valence electrons. The number of rotatable bonds is 3. The lowest BCUT2D eigenvalue weighted by atomic mass is 9.49. The molecule has 2 aliphatic carbocycles. The van der Waals surface area contributed by atoms with Crippen LogP contribution in [0.25, 0.3) is 0 Å². The molecule has 4 atom stereocenters. The SMILES string of the molecule is COC(=O)[C@@]1(C)[C@@H](OC)CC[C@]2(C)C(=O)/C(=C/C(C)C)CC[C@@H]12. The van der Waals surface area contributed by atoms with Crippen molar-refractivity contribution in [1.29, 1.82) is 0 Å². The molecule has 2 fully saturated rings. The summed E-state index contributed by atoms with van der Waals surface area (Å²) in [6.07, 6.45) is 4.91. The van der Waals surface area contributed by atoms with Crippen molar-refractivity contribution in [3.05, 3.63) is 11.6 Å². The van der Waals surface area contributed by atoms with Crippen LogP contribution in [0.5, 0.6) is 0 Å². The van der Waals surface area contributed by atoms with E-state index in [-0.39, 0.29) is 23.8 Å². The minimum Gasteiger partial charge on any atom is -0.469 e. The molecule has 0 amide bonds. The first-order valence-corrected chi connectivity index (χ1v) is 8.58. The molecule has 0 saturated heterocycles. The number of fused-ring (bicyclic) bond motifs is 1. The van der Waals surface area contributed by atoms with Crippen molar-refractivity contribution in [3.63, 3.8) is 0 Å². The number of hydrogen-bond donors (Lipinski definition) is 0. The number of esters is 1. The van der Waals surface area contributed by atoms with E-state index in [0.29, 0.717) is 12.3 Å².